The van der Waals surface area contributed by atoms with Crippen molar-refractivity contribution in [2.45, 2.75) is 20.3 Å². The Balaban J connectivity index is 1.75. The molecule has 1 aliphatic rings. The number of halogens is 1. The number of hydrogen-bond acceptors (Lipinski definition) is 3. The number of carbonyl (C=O) groups is 1. The predicted octanol–water partition coefficient (Wildman–Crippen LogP) is 2.72. The van der Waals surface area contributed by atoms with Gasteiger partial charge in [0.15, 0.2) is 0 Å². The summed E-state index contributed by atoms with van der Waals surface area (Å²) in [6.07, 6.45) is 0.628. The summed E-state index contributed by atoms with van der Waals surface area (Å²) in [5, 5.41) is 0.775. The molecule has 1 fully saturated rings. The molecule has 1 aliphatic heterocycles. The van der Waals surface area contributed by atoms with E-state index in [1.54, 1.807) is 0 Å². The van der Waals surface area contributed by atoms with E-state index in [0.717, 1.165) is 50.8 Å². The monoisotopic (exact) mass is 323 g/mol. The number of rotatable bonds is 6. The smallest absolute Gasteiger partial charge is 0.223 e. The lowest BCUT2D eigenvalue weighted by atomic mass is 10.2. The van der Waals surface area contributed by atoms with Crippen LogP contribution in [-0.2, 0) is 4.79 Å². The van der Waals surface area contributed by atoms with Crippen molar-refractivity contribution < 1.29 is 4.79 Å². The molecule has 0 radical (unpaired) electrons. The molecule has 22 heavy (non-hydrogen) atoms. The van der Waals surface area contributed by atoms with Crippen molar-refractivity contribution in [3.63, 3.8) is 0 Å². The van der Waals surface area contributed by atoms with Gasteiger partial charge in [-0.2, -0.15) is 0 Å². The van der Waals surface area contributed by atoms with Gasteiger partial charge in [-0.25, -0.2) is 0 Å². The maximum absolute atomic E-state index is 12.0. The first-order valence-electron chi connectivity index (χ1n) is 8.14. The molecular weight excluding hydrogens is 298 g/mol. The third-order valence-corrected chi connectivity index (χ3v) is 4.57. The average molecular weight is 324 g/mol. The van der Waals surface area contributed by atoms with Crippen molar-refractivity contribution in [2.24, 2.45) is 0 Å². The quantitative estimate of drug-likeness (QED) is 0.805. The van der Waals surface area contributed by atoms with Gasteiger partial charge in [0, 0.05) is 62.9 Å². The fourth-order valence-corrected chi connectivity index (χ4v) is 3.00. The van der Waals surface area contributed by atoms with Gasteiger partial charge in [-0.15, -0.1) is 0 Å². The summed E-state index contributed by atoms with van der Waals surface area (Å²) in [5.41, 5.74) is 1.23. The predicted molar refractivity (Wildman–Crippen MR) is 92.7 cm³/mol. The van der Waals surface area contributed by atoms with Crippen LogP contribution in [-0.4, -0.2) is 61.5 Å². The van der Waals surface area contributed by atoms with E-state index in [0.29, 0.717) is 6.42 Å². The van der Waals surface area contributed by atoms with Crippen LogP contribution in [0, 0.1) is 0 Å². The van der Waals surface area contributed by atoms with E-state index in [9.17, 15) is 4.79 Å². The molecule has 2 rings (SSSR count). The molecule has 0 bridgehead atoms. The Morgan fingerprint density at radius 1 is 1.09 bits per heavy atom. The van der Waals surface area contributed by atoms with Crippen molar-refractivity contribution in [3.8, 4) is 0 Å². The van der Waals surface area contributed by atoms with Crippen LogP contribution in [0.5, 0.6) is 0 Å². The first kappa shape index (κ1) is 17.1. The summed E-state index contributed by atoms with van der Waals surface area (Å²) < 4.78 is 0. The van der Waals surface area contributed by atoms with Crippen LogP contribution in [0.4, 0.5) is 5.69 Å². The van der Waals surface area contributed by atoms with Gasteiger partial charge in [0.05, 0.1) is 0 Å². The van der Waals surface area contributed by atoms with Gasteiger partial charge in [0.1, 0.15) is 0 Å². The van der Waals surface area contributed by atoms with Crippen molar-refractivity contribution in [3.05, 3.63) is 29.3 Å². The van der Waals surface area contributed by atoms with Crippen molar-refractivity contribution >= 4 is 23.2 Å². The van der Waals surface area contributed by atoms with Gasteiger partial charge >= 0.3 is 0 Å². The summed E-state index contributed by atoms with van der Waals surface area (Å²) >= 11 is 5.93. The molecule has 0 saturated carbocycles. The minimum atomic E-state index is 0.269. The van der Waals surface area contributed by atoms with Crippen LogP contribution in [0.15, 0.2) is 24.3 Å². The molecule has 0 spiro atoms. The third-order valence-electron chi connectivity index (χ3n) is 4.32. The zero-order valence-electron chi connectivity index (χ0n) is 13.6. The minimum absolute atomic E-state index is 0.269. The first-order valence-corrected chi connectivity index (χ1v) is 8.52. The normalized spacial score (nSPS) is 15.9. The van der Waals surface area contributed by atoms with Gasteiger partial charge in [-0.1, -0.05) is 11.6 Å². The lowest BCUT2D eigenvalue weighted by Gasteiger charge is -2.36. The fourth-order valence-electron chi connectivity index (χ4n) is 2.87. The number of amides is 1. The second-order valence-electron chi connectivity index (χ2n) is 5.62. The second-order valence-corrected chi connectivity index (χ2v) is 6.06. The Morgan fingerprint density at radius 3 is 2.23 bits per heavy atom. The summed E-state index contributed by atoms with van der Waals surface area (Å²) in [6.45, 7) is 10.6. The number of carbonyl (C=O) groups excluding carboxylic acids is 1. The molecule has 1 saturated heterocycles. The summed E-state index contributed by atoms with van der Waals surface area (Å²) in [5.74, 6) is 0.269. The van der Waals surface area contributed by atoms with Gasteiger partial charge in [0.2, 0.25) is 5.91 Å². The van der Waals surface area contributed by atoms with Crippen LogP contribution >= 0.6 is 11.6 Å². The van der Waals surface area contributed by atoms with Crippen molar-refractivity contribution in [1.82, 2.24) is 9.80 Å². The van der Waals surface area contributed by atoms with Crippen molar-refractivity contribution in [1.29, 1.82) is 0 Å². The molecule has 122 valence electrons. The number of hydrogen-bond donors (Lipinski definition) is 0. The summed E-state index contributed by atoms with van der Waals surface area (Å²) in [4.78, 5) is 18.7. The van der Waals surface area contributed by atoms with Crippen molar-refractivity contribution in [2.75, 3.05) is 50.7 Å². The molecule has 4 nitrogen and oxygen atoms in total. The number of nitrogens with zero attached hydrogens (tertiary/aromatic N) is 3. The van der Waals surface area contributed by atoms with E-state index in [4.69, 9.17) is 11.6 Å². The van der Waals surface area contributed by atoms with Gasteiger partial charge in [0.25, 0.3) is 0 Å². The highest BCUT2D eigenvalue weighted by molar-refractivity contribution is 6.30. The highest BCUT2D eigenvalue weighted by Gasteiger charge is 2.18. The lowest BCUT2D eigenvalue weighted by Crippen LogP contribution is -2.47. The minimum Gasteiger partial charge on any atom is -0.369 e. The lowest BCUT2D eigenvalue weighted by molar-refractivity contribution is -0.131. The standard InChI is InChI=1S/C17H26ClN3O/c1-3-20(4-2)17(22)9-10-19-11-13-21(14-12-19)16-7-5-15(18)6-8-16/h5-8H,3-4,9-14H2,1-2H3. The molecule has 0 N–H and O–H groups in total. The van der Waals surface area contributed by atoms with Gasteiger partial charge in [-0.3, -0.25) is 9.69 Å². The average Bonchev–Trinajstić information content (AvgIpc) is 2.55. The Kier molecular flexibility index (Phi) is 6.52. The molecule has 1 aromatic carbocycles. The molecule has 1 heterocycles. The topological polar surface area (TPSA) is 26.8 Å². The van der Waals surface area contributed by atoms with Crippen LogP contribution < -0.4 is 4.90 Å². The maximum Gasteiger partial charge on any atom is 0.223 e. The highest BCUT2D eigenvalue weighted by Crippen LogP contribution is 2.19. The van der Waals surface area contributed by atoms with Gasteiger partial charge in [-0.05, 0) is 38.1 Å². The van der Waals surface area contributed by atoms with E-state index < -0.39 is 0 Å². The third kappa shape index (κ3) is 4.62. The van der Waals surface area contributed by atoms with Crippen LogP contribution in [0.2, 0.25) is 5.02 Å². The summed E-state index contributed by atoms with van der Waals surface area (Å²) in [6, 6.07) is 8.02. The zero-order valence-corrected chi connectivity index (χ0v) is 14.4. The zero-order chi connectivity index (χ0) is 15.9. The highest BCUT2D eigenvalue weighted by atomic mass is 35.5. The van der Waals surface area contributed by atoms with E-state index >= 15 is 0 Å². The number of piperazine rings is 1. The van der Waals surface area contributed by atoms with Crippen LogP contribution in [0.1, 0.15) is 20.3 Å². The molecule has 0 aromatic heterocycles. The molecule has 1 aromatic rings. The Labute approximate surface area is 138 Å². The van der Waals surface area contributed by atoms with E-state index in [-0.39, 0.29) is 5.91 Å². The fraction of sp³-hybridized carbons (Fsp3) is 0.588. The Bertz CT molecular complexity index is 465. The molecule has 1 amide bonds. The largest absolute Gasteiger partial charge is 0.369 e. The molecule has 0 unspecified atom stereocenters. The second kappa shape index (κ2) is 8.39. The van der Waals surface area contributed by atoms with E-state index in [1.165, 1.54) is 5.69 Å². The first-order chi connectivity index (χ1) is 10.6. The Morgan fingerprint density at radius 2 is 1.68 bits per heavy atom. The summed E-state index contributed by atoms with van der Waals surface area (Å²) in [7, 11) is 0. The SMILES string of the molecule is CCN(CC)C(=O)CCN1CCN(c2ccc(Cl)cc2)CC1. The number of benzene rings is 1. The maximum atomic E-state index is 12.0. The van der Waals surface area contributed by atoms with E-state index in [2.05, 4.69) is 21.9 Å². The van der Waals surface area contributed by atoms with Gasteiger partial charge < -0.3 is 9.80 Å². The van der Waals surface area contributed by atoms with Crippen LogP contribution in [0.3, 0.4) is 0 Å². The van der Waals surface area contributed by atoms with E-state index in [1.807, 2.05) is 30.9 Å². The molecule has 5 heteroatoms. The Hall–Kier alpha value is -1.26. The molecule has 0 aliphatic carbocycles. The number of anilines is 1. The molecular formula is C17H26ClN3O. The molecule has 0 atom stereocenters. The van der Waals surface area contributed by atoms with Crippen LogP contribution in [0.25, 0.3) is 0 Å².